The number of halogens is 1. The normalized spacial score (nSPS) is 20.1. The molecule has 7 nitrogen and oxygen atoms in total. The van der Waals surface area contributed by atoms with Gasteiger partial charge in [-0.1, -0.05) is 18.5 Å². The molecule has 1 spiro atoms. The third-order valence-corrected chi connectivity index (χ3v) is 5.91. The van der Waals surface area contributed by atoms with Gasteiger partial charge >= 0.3 is 0 Å². The Hall–Kier alpha value is -2.12. The van der Waals surface area contributed by atoms with Crippen molar-refractivity contribution >= 4 is 23.5 Å². The molecule has 1 amide bonds. The smallest absolute Gasteiger partial charge is 0.232 e. The fraction of sp³-hybridized carbons (Fsp3) is 0.500. The molecule has 4 heterocycles. The van der Waals surface area contributed by atoms with Gasteiger partial charge in [-0.15, -0.1) is 10.2 Å². The largest absolute Gasteiger partial charge is 0.339 e. The van der Waals surface area contributed by atoms with Crippen molar-refractivity contribution in [2.24, 2.45) is 5.41 Å². The Labute approximate surface area is 156 Å². The summed E-state index contributed by atoms with van der Waals surface area (Å²) in [5.41, 5.74) is 2.45. The Morgan fingerprint density at radius 2 is 2.08 bits per heavy atom. The van der Waals surface area contributed by atoms with Gasteiger partial charge < -0.3 is 15.1 Å². The van der Waals surface area contributed by atoms with Crippen LogP contribution >= 0.6 is 11.6 Å². The van der Waals surface area contributed by atoms with Gasteiger partial charge in [-0.2, -0.15) is 0 Å². The van der Waals surface area contributed by atoms with Crippen molar-refractivity contribution in [2.45, 2.75) is 26.4 Å². The maximum absolute atomic E-state index is 12.4. The topological polar surface area (TPSA) is 66.3 Å². The van der Waals surface area contributed by atoms with E-state index in [1.54, 1.807) is 0 Å². The molecule has 3 aliphatic rings. The zero-order chi connectivity index (χ0) is 17.9. The van der Waals surface area contributed by atoms with Crippen LogP contribution in [0.25, 0.3) is 5.69 Å². The molecule has 1 N–H and O–H groups in total. The number of amides is 1. The second-order valence-electron chi connectivity index (χ2n) is 7.59. The van der Waals surface area contributed by atoms with Crippen LogP contribution in [0, 0.1) is 5.41 Å². The van der Waals surface area contributed by atoms with Gasteiger partial charge in [0.05, 0.1) is 12.2 Å². The number of hydrogen-bond donors (Lipinski definition) is 1. The molecule has 136 valence electrons. The molecule has 2 fully saturated rings. The minimum atomic E-state index is 0.109. The molecule has 0 radical (unpaired) electrons. The van der Waals surface area contributed by atoms with Gasteiger partial charge in [0.25, 0.3) is 0 Å². The summed E-state index contributed by atoms with van der Waals surface area (Å²) in [5.74, 6) is 1.78. The first kappa shape index (κ1) is 16.1. The number of aromatic nitrogens is 3. The van der Waals surface area contributed by atoms with Crippen LogP contribution in [-0.2, 0) is 17.9 Å². The number of nitrogens with one attached hydrogen (secondary N) is 1. The van der Waals surface area contributed by atoms with Gasteiger partial charge in [0.2, 0.25) is 11.9 Å². The predicted octanol–water partition coefficient (Wildman–Crippen LogP) is 1.58. The van der Waals surface area contributed by atoms with Crippen molar-refractivity contribution in [3.05, 3.63) is 34.6 Å². The lowest BCUT2D eigenvalue weighted by atomic mass is 9.75. The molecule has 2 saturated heterocycles. The van der Waals surface area contributed by atoms with Crippen molar-refractivity contribution in [1.29, 1.82) is 0 Å². The molecule has 0 bridgehead atoms. The lowest BCUT2D eigenvalue weighted by Crippen LogP contribution is -2.71. The average Bonchev–Trinajstić information content (AvgIpc) is 2.87. The van der Waals surface area contributed by atoms with Gasteiger partial charge in [0, 0.05) is 49.6 Å². The van der Waals surface area contributed by atoms with Crippen LogP contribution in [0.5, 0.6) is 0 Å². The Kier molecular flexibility index (Phi) is 3.52. The Bertz CT molecular complexity index is 882. The number of benzene rings is 1. The highest BCUT2D eigenvalue weighted by Gasteiger charge is 2.49. The van der Waals surface area contributed by atoms with E-state index in [9.17, 15) is 4.79 Å². The first-order valence-electron chi connectivity index (χ1n) is 9.05. The van der Waals surface area contributed by atoms with E-state index < -0.39 is 0 Å². The first-order valence-corrected chi connectivity index (χ1v) is 9.43. The quantitative estimate of drug-likeness (QED) is 0.867. The van der Waals surface area contributed by atoms with Crippen molar-refractivity contribution < 1.29 is 4.79 Å². The predicted molar refractivity (Wildman–Crippen MR) is 98.4 cm³/mol. The number of anilines is 1. The third kappa shape index (κ3) is 2.34. The van der Waals surface area contributed by atoms with E-state index in [0.717, 1.165) is 49.2 Å². The third-order valence-electron chi connectivity index (χ3n) is 5.68. The van der Waals surface area contributed by atoms with E-state index in [0.29, 0.717) is 29.9 Å². The van der Waals surface area contributed by atoms with Crippen LogP contribution in [0.1, 0.15) is 24.7 Å². The number of rotatable bonds is 2. The zero-order valence-electron chi connectivity index (χ0n) is 14.7. The highest BCUT2D eigenvalue weighted by Crippen LogP contribution is 2.39. The monoisotopic (exact) mass is 372 g/mol. The molecule has 0 aliphatic carbocycles. The fourth-order valence-corrected chi connectivity index (χ4v) is 4.39. The SMILES string of the molecule is CCC(=O)N1Cc2cc(Cl)ccc2-n2c(nnc2N2CC3(CNC3)C2)C1. The molecule has 1 aromatic heterocycles. The number of fused-ring (bicyclic) bond motifs is 3. The Morgan fingerprint density at radius 3 is 2.77 bits per heavy atom. The average molecular weight is 373 g/mol. The van der Waals surface area contributed by atoms with Crippen LogP contribution in [-0.4, -0.2) is 51.8 Å². The van der Waals surface area contributed by atoms with E-state index in [1.165, 1.54) is 0 Å². The van der Waals surface area contributed by atoms with Crippen LogP contribution in [0.2, 0.25) is 5.02 Å². The highest BCUT2D eigenvalue weighted by atomic mass is 35.5. The number of carbonyl (C=O) groups excluding carboxylic acids is 1. The summed E-state index contributed by atoms with van der Waals surface area (Å²) in [5, 5.41) is 12.9. The van der Waals surface area contributed by atoms with Crippen molar-refractivity contribution in [1.82, 2.24) is 25.0 Å². The molecule has 0 unspecified atom stereocenters. The summed E-state index contributed by atoms with van der Waals surface area (Å²) in [6.45, 7) is 7.04. The van der Waals surface area contributed by atoms with Crippen molar-refractivity contribution in [3.63, 3.8) is 0 Å². The zero-order valence-corrected chi connectivity index (χ0v) is 15.5. The lowest BCUT2D eigenvalue weighted by Gasteiger charge is -2.56. The molecule has 3 aliphatic heterocycles. The molecule has 8 heteroatoms. The van der Waals surface area contributed by atoms with E-state index >= 15 is 0 Å². The van der Waals surface area contributed by atoms with E-state index in [2.05, 4.69) is 25.0 Å². The first-order chi connectivity index (χ1) is 12.6. The van der Waals surface area contributed by atoms with E-state index in [1.807, 2.05) is 30.0 Å². The molecule has 2 aromatic rings. The second kappa shape index (κ2) is 5.69. The second-order valence-corrected chi connectivity index (χ2v) is 8.02. The molecule has 0 atom stereocenters. The van der Waals surface area contributed by atoms with Crippen LogP contribution in [0.15, 0.2) is 18.2 Å². The molecule has 0 saturated carbocycles. The molecular formula is C18H21ClN6O. The summed E-state index contributed by atoms with van der Waals surface area (Å²) < 4.78 is 2.10. The van der Waals surface area contributed by atoms with E-state index in [-0.39, 0.29) is 5.91 Å². The maximum atomic E-state index is 12.4. The van der Waals surface area contributed by atoms with Crippen molar-refractivity contribution in [3.8, 4) is 5.69 Å². The van der Waals surface area contributed by atoms with Gasteiger partial charge in [0.1, 0.15) is 0 Å². The van der Waals surface area contributed by atoms with Gasteiger partial charge in [-0.05, 0) is 23.8 Å². The maximum Gasteiger partial charge on any atom is 0.232 e. The number of carbonyl (C=O) groups is 1. The standard InChI is InChI=1S/C18H21ClN6O/c1-2-16(26)23-6-12-5-13(19)3-4-14(12)25-15(7-23)21-22-17(25)24-10-18(11-24)8-20-9-18/h3-5,20H,2,6-11H2,1H3. The minimum Gasteiger partial charge on any atom is -0.339 e. The molecule has 5 rings (SSSR count). The molecular weight excluding hydrogens is 352 g/mol. The van der Waals surface area contributed by atoms with Gasteiger partial charge in [-0.3, -0.25) is 9.36 Å². The van der Waals surface area contributed by atoms with Crippen LogP contribution in [0.3, 0.4) is 0 Å². The van der Waals surface area contributed by atoms with Crippen LogP contribution in [0.4, 0.5) is 5.95 Å². The van der Waals surface area contributed by atoms with Gasteiger partial charge in [-0.25, -0.2) is 0 Å². The summed E-state index contributed by atoms with van der Waals surface area (Å²) >= 11 is 6.24. The highest BCUT2D eigenvalue weighted by molar-refractivity contribution is 6.30. The Balaban J connectivity index is 1.57. The minimum absolute atomic E-state index is 0.109. The van der Waals surface area contributed by atoms with Gasteiger partial charge in [0.15, 0.2) is 5.82 Å². The fourth-order valence-electron chi connectivity index (χ4n) is 4.20. The summed E-state index contributed by atoms with van der Waals surface area (Å²) in [6.07, 6.45) is 0.471. The van der Waals surface area contributed by atoms with Crippen molar-refractivity contribution in [2.75, 3.05) is 31.1 Å². The lowest BCUT2D eigenvalue weighted by molar-refractivity contribution is -0.132. The summed E-state index contributed by atoms with van der Waals surface area (Å²) in [6, 6.07) is 5.84. The van der Waals surface area contributed by atoms with E-state index in [4.69, 9.17) is 11.6 Å². The Morgan fingerprint density at radius 1 is 1.27 bits per heavy atom. The molecule has 26 heavy (non-hydrogen) atoms. The summed E-state index contributed by atoms with van der Waals surface area (Å²) in [4.78, 5) is 16.5. The summed E-state index contributed by atoms with van der Waals surface area (Å²) in [7, 11) is 0. The number of nitrogens with zero attached hydrogens (tertiary/aromatic N) is 5. The van der Waals surface area contributed by atoms with Crippen LogP contribution < -0.4 is 10.2 Å². The number of hydrogen-bond acceptors (Lipinski definition) is 5. The molecule has 1 aromatic carbocycles.